The molecular weight excluding hydrogens is 226 g/mol. The maximum absolute atomic E-state index is 11.4. The molecule has 1 rings (SSSR count). The Bertz CT molecular complexity index is 411. The van der Waals surface area contributed by atoms with Gasteiger partial charge in [-0.2, -0.15) is 0 Å². The lowest BCUT2D eigenvalue weighted by molar-refractivity contribution is -0.116. The van der Waals surface area contributed by atoms with Crippen molar-refractivity contribution in [3.05, 3.63) is 35.9 Å². The van der Waals surface area contributed by atoms with E-state index in [0.717, 1.165) is 17.7 Å². The highest BCUT2D eigenvalue weighted by atomic mass is 16.5. The highest BCUT2D eigenvalue weighted by Gasteiger charge is 1.98. The van der Waals surface area contributed by atoms with E-state index in [9.17, 15) is 4.79 Å². The minimum absolute atomic E-state index is 0.0629. The Kier molecular flexibility index (Phi) is 5.98. The van der Waals surface area contributed by atoms with Crippen LogP contribution in [0.3, 0.4) is 0 Å². The number of rotatable bonds is 6. The van der Waals surface area contributed by atoms with Crippen LogP contribution in [0, 0.1) is 0 Å². The molecule has 3 nitrogen and oxygen atoms in total. The van der Waals surface area contributed by atoms with Crippen molar-refractivity contribution in [3.63, 3.8) is 0 Å². The quantitative estimate of drug-likeness (QED) is 0.785. The molecule has 1 aromatic carbocycles. The highest BCUT2D eigenvalue weighted by molar-refractivity contribution is 5.91. The molecule has 0 aromatic heterocycles. The Morgan fingerprint density at radius 3 is 2.89 bits per heavy atom. The maximum Gasteiger partial charge on any atom is 0.243 e. The number of benzene rings is 1. The molecule has 98 valence electrons. The number of hydrogen-bond donors (Lipinski definition) is 1. The van der Waals surface area contributed by atoms with Crippen molar-refractivity contribution in [2.75, 3.05) is 6.54 Å². The van der Waals surface area contributed by atoms with Gasteiger partial charge in [0.05, 0.1) is 6.10 Å². The van der Waals surface area contributed by atoms with Gasteiger partial charge < -0.3 is 10.1 Å². The second-order valence-electron chi connectivity index (χ2n) is 4.36. The van der Waals surface area contributed by atoms with Gasteiger partial charge in [-0.05, 0) is 44.0 Å². The first-order valence-electron chi connectivity index (χ1n) is 6.34. The van der Waals surface area contributed by atoms with Crippen molar-refractivity contribution in [1.82, 2.24) is 5.32 Å². The average molecular weight is 247 g/mol. The monoisotopic (exact) mass is 247 g/mol. The number of carbonyl (C=O) groups excluding carboxylic acids is 1. The standard InChI is InChI=1S/C15H21NO2/c1-4-10-16-15(17)9-8-13-6-5-7-14(11-13)18-12(2)3/h5-9,11-12H,4,10H2,1-3H3,(H,16,17)/b9-8+. The van der Waals surface area contributed by atoms with Crippen molar-refractivity contribution in [3.8, 4) is 5.75 Å². The van der Waals surface area contributed by atoms with Gasteiger partial charge in [-0.1, -0.05) is 19.1 Å². The fraction of sp³-hybridized carbons (Fsp3) is 0.400. The normalized spacial score (nSPS) is 10.9. The summed E-state index contributed by atoms with van der Waals surface area (Å²) in [5, 5.41) is 2.79. The molecule has 0 aliphatic carbocycles. The van der Waals surface area contributed by atoms with Crippen LogP contribution in [0.5, 0.6) is 5.75 Å². The van der Waals surface area contributed by atoms with Gasteiger partial charge in [0.25, 0.3) is 0 Å². The van der Waals surface area contributed by atoms with Crippen molar-refractivity contribution in [2.45, 2.75) is 33.3 Å². The zero-order chi connectivity index (χ0) is 13.4. The van der Waals surface area contributed by atoms with Crippen LogP contribution in [0.15, 0.2) is 30.3 Å². The molecule has 0 fully saturated rings. The van der Waals surface area contributed by atoms with E-state index in [2.05, 4.69) is 5.32 Å². The van der Waals surface area contributed by atoms with E-state index in [0.29, 0.717) is 6.54 Å². The number of ether oxygens (including phenoxy) is 1. The summed E-state index contributed by atoms with van der Waals surface area (Å²) in [6.07, 6.45) is 4.43. The third-order valence-electron chi connectivity index (χ3n) is 2.21. The van der Waals surface area contributed by atoms with Crippen LogP contribution in [0.1, 0.15) is 32.8 Å². The van der Waals surface area contributed by atoms with Gasteiger partial charge in [0.1, 0.15) is 5.75 Å². The lowest BCUT2D eigenvalue weighted by Crippen LogP contribution is -2.21. The number of carbonyl (C=O) groups is 1. The van der Waals surface area contributed by atoms with Crippen molar-refractivity contribution >= 4 is 12.0 Å². The van der Waals surface area contributed by atoms with E-state index < -0.39 is 0 Å². The molecule has 0 heterocycles. The first kappa shape index (κ1) is 14.3. The van der Waals surface area contributed by atoms with Gasteiger partial charge in [-0.25, -0.2) is 0 Å². The molecule has 0 radical (unpaired) electrons. The van der Waals surface area contributed by atoms with E-state index in [-0.39, 0.29) is 12.0 Å². The summed E-state index contributed by atoms with van der Waals surface area (Å²) in [6, 6.07) is 7.69. The SMILES string of the molecule is CCCNC(=O)/C=C/c1cccc(OC(C)C)c1. The fourth-order valence-corrected chi connectivity index (χ4v) is 1.44. The average Bonchev–Trinajstić information content (AvgIpc) is 2.33. The molecule has 0 saturated heterocycles. The van der Waals surface area contributed by atoms with E-state index in [1.807, 2.05) is 45.0 Å². The Morgan fingerprint density at radius 1 is 1.44 bits per heavy atom. The summed E-state index contributed by atoms with van der Waals surface area (Å²) in [5.74, 6) is 0.758. The Labute approximate surface area is 109 Å². The van der Waals surface area contributed by atoms with Crippen LogP contribution in [-0.4, -0.2) is 18.6 Å². The molecule has 0 aliphatic heterocycles. The number of nitrogens with one attached hydrogen (secondary N) is 1. The predicted molar refractivity (Wildman–Crippen MR) is 74.5 cm³/mol. The molecule has 0 spiro atoms. The maximum atomic E-state index is 11.4. The van der Waals surface area contributed by atoms with Crippen molar-refractivity contribution in [1.29, 1.82) is 0 Å². The highest BCUT2D eigenvalue weighted by Crippen LogP contribution is 2.15. The molecule has 18 heavy (non-hydrogen) atoms. The molecule has 1 amide bonds. The molecule has 1 N–H and O–H groups in total. The van der Waals surface area contributed by atoms with Crippen LogP contribution < -0.4 is 10.1 Å². The third kappa shape index (κ3) is 5.53. The van der Waals surface area contributed by atoms with E-state index in [1.54, 1.807) is 12.2 Å². The van der Waals surface area contributed by atoms with Gasteiger partial charge in [-0.15, -0.1) is 0 Å². The van der Waals surface area contributed by atoms with Gasteiger partial charge in [0.15, 0.2) is 0 Å². The molecule has 3 heteroatoms. The van der Waals surface area contributed by atoms with Crippen LogP contribution in [0.25, 0.3) is 6.08 Å². The molecular formula is C15H21NO2. The van der Waals surface area contributed by atoms with Crippen molar-refractivity contribution in [2.24, 2.45) is 0 Å². The first-order chi connectivity index (χ1) is 8.61. The van der Waals surface area contributed by atoms with Gasteiger partial charge >= 0.3 is 0 Å². The van der Waals surface area contributed by atoms with E-state index in [4.69, 9.17) is 4.74 Å². The van der Waals surface area contributed by atoms with Crippen LogP contribution >= 0.6 is 0 Å². The molecule has 0 atom stereocenters. The van der Waals surface area contributed by atoms with E-state index >= 15 is 0 Å². The lowest BCUT2D eigenvalue weighted by atomic mass is 10.2. The Balaban J connectivity index is 2.61. The Morgan fingerprint density at radius 2 is 2.22 bits per heavy atom. The summed E-state index contributed by atoms with van der Waals surface area (Å²) in [5.41, 5.74) is 0.958. The molecule has 1 aromatic rings. The minimum atomic E-state index is -0.0629. The number of amides is 1. The zero-order valence-corrected chi connectivity index (χ0v) is 11.3. The molecule has 0 aliphatic rings. The summed E-state index contributed by atoms with van der Waals surface area (Å²) in [6.45, 7) is 6.71. The number of hydrogen-bond acceptors (Lipinski definition) is 2. The summed E-state index contributed by atoms with van der Waals surface area (Å²) in [7, 11) is 0. The van der Waals surface area contributed by atoms with Crippen LogP contribution in [-0.2, 0) is 4.79 Å². The summed E-state index contributed by atoms with van der Waals surface area (Å²) in [4.78, 5) is 11.4. The summed E-state index contributed by atoms with van der Waals surface area (Å²) >= 11 is 0. The predicted octanol–water partition coefficient (Wildman–Crippen LogP) is 3.01. The Hall–Kier alpha value is -1.77. The fourth-order valence-electron chi connectivity index (χ4n) is 1.44. The summed E-state index contributed by atoms with van der Waals surface area (Å²) < 4.78 is 5.59. The van der Waals surface area contributed by atoms with Crippen molar-refractivity contribution < 1.29 is 9.53 Å². The molecule has 0 saturated carbocycles. The first-order valence-corrected chi connectivity index (χ1v) is 6.34. The topological polar surface area (TPSA) is 38.3 Å². The minimum Gasteiger partial charge on any atom is -0.491 e. The largest absolute Gasteiger partial charge is 0.491 e. The van der Waals surface area contributed by atoms with Gasteiger partial charge in [0, 0.05) is 12.6 Å². The van der Waals surface area contributed by atoms with E-state index in [1.165, 1.54) is 0 Å². The lowest BCUT2D eigenvalue weighted by Gasteiger charge is -2.09. The van der Waals surface area contributed by atoms with Crippen LogP contribution in [0.4, 0.5) is 0 Å². The third-order valence-corrected chi connectivity index (χ3v) is 2.21. The molecule has 0 unspecified atom stereocenters. The second kappa shape index (κ2) is 7.54. The van der Waals surface area contributed by atoms with Gasteiger partial charge in [0.2, 0.25) is 5.91 Å². The molecule has 0 bridgehead atoms. The zero-order valence-electron chi connectivity index (χ0n) is 11.3. The van der Waals surface area contributed by atoms with Crippen LogP contribution in [0.2, 0.25) is 0 Å². The van der Waals surface area contributed by atoms with Gasteiger partial charge in [-0.3, -0.25) is 4.79 Å². The second-order valence-corrected chi connectivity index (χ2v) is 4.36. The smallest absolute Gasteiger partial charge is 0.243 e.